The fourth-order valence-electron chi connectivity index (χ4n) is 2.22. The molecular weight excluding hydrogens is 308 g/mol. The molecule has 2 aromatic carbocycles. The molecule has 22 heavy (non-hydrogen) atoms. The SMILES string of the molecule is N[C@@H](CSSC[C@H](N)Cc1ccccc1)Cc1ccccc1. The van der Waals surface area contributed by atoms with Crippen LogP contribution in [0.5, 0.6) is 0 Å². The Labute approximate surface area is 141 Å². The summed E-state index contributed by atoms with van der Waals surface area (Å²) in [5.41, 5.74) is 15.0. The molecule has 2 atom stereocenters. The predicted molar refractivity (Wildman–Crippen MR) is 101 cm³/mol. The Bertz CT molecular complexity index is 470. The summed E-state index contributed by atoms with van der Waals surface area (Å²) in [5, 5.41) is 0. The third kappa shape index (κ3) is 6.88. The molecule has 0 fully saturated rings. The monoisotopic (exact) mass is 332 g/mol. The van der Waals surface area contributed by atoms with E-state index in [4.69, 9.17) is 11.5 Å². The van der Waals surface area contributed by atoms with Crippen molar-refractivity contribution in [3.05, 3.63) is 71.8 Å². The topological polar surface area (TPSA) is 52.0 Å². The molecule has 0 bridgehead atoms. The third-order valence-corrected chi connectivity index (χ3v) is 5.94. The highest BCUT2D eigenvalue weighted by Crippen LogP contribution is 2.23. The lowest BCUT2D eigenvalue weighted by Crippen LogP contribution is -2.26. The summed E-state index contributed by atoms with van der Waals surface area (Å²) in [6.07, 6.45) is 1.87. The molecule has 118 valence electrons. The van der Waals surface area contributed by atoms with Crippen LogP contribution in [0, 0.1) is 0 Å². The first kappa shape index (κ1) is 17.4. The maximum atomic E-state index is 6.18. The summed E-state index contributed by atoms with van der Waals surface area (Å²) >= 11 is 0. The summed E-state index contributed by atoms with van der Waals surface area (Å²) in [4.78, 5) is 0. The average Bonchev–Trinajstić information content (AvgIpc) is 2.53. The second-order valence-corrected chi connectivity index (χ2v) is 8.02. The standard InChI is InChI=1S/C18H24N2S2/c19-17(11-15-7-3-1-4-8-15)13-21-22-14-18(20)12-16-9-5-2-6-10-16/h1-10,17-18H,11-14,19-20H2/t17-,18-/m1/s1. The Hall–Kier alpha value is -0.940. The van der Waals surface area contributed by atoms with Gasteiger partial charge in [-0.2, -0.15) is 0 Å². The van der Waals surface area contributed by atoms with Gasteiger partial charge in [0.15, 0.2) is 0 Å². The maximum absolute atomic E-state index is 6.18. The van der Waals surface area contributed by atoms with Crippen molar-refractivity contribution in [3.63, 3.8) is 0 Å². The largest absolute Gasteiger partial charge is 0.327 e. The first-order chi connectivity index (χ1) is 10.7. The second kappa shape index (κ2) is 9.95. The van der Waals surface area contributed by atoms with Gasteiger partial charge in [0.1, 0.15) is 0 Å². The van der Waals surface area contributed by atoms with Gasteiger partial charge in [-0.15, -0.1) is 0 Å². The van der Waals surface area contributed by atoms with E-state index in [0.29, 0.717) is 0 Å². The highest BCUT2D eigenvalue weighted by atomic mass is 33.1. The quantitative estimate of drug-likeness (QED) is 0.545. The molecule has 0 radical (unpaired) electrons. The lowest BCUT2D eigenvalue weighted by molar-refractivity contribution is 0.747. The van der Waals surface area contributed by atoms with E-state index < -0.39 is 0 Å². The van der Waals surface area contributed by atoms with Crippen LogP contribution in [0.15, 0.2) is 60.7 Å². The van der Waals surface area contributed by atoms with Crippen LogP contribution < -0.4 is 11.5 Å². The average molecular weight is 333 g/mol. The Morgan fingerprint density at radius 3 is 1.36 bits per heavy atom. The molecule has 2 aromatic rings. The van der Waals surface area contributed by atoms with Gasteiger partial charge in [0.2, 0.25) is 0 Å². The minimum atomic E-state index is 0.199. The molecule has 2 rings (SSSR count). The highest BCUT2D eigenvalue weighted by molar-refractivity contribution is 8.76. The summed E-state index contributed by atoms with van der Waals surface area (Å²) in [6.45, 7) is 0. The Morgan fingerprint density at radius 1 is 0.636 bits per heavy atom. The molecule has 0 saturated heterocycles. The van der Waals surface area contributed by atoms with Crippen LogP contribution >= 0.6 is 21.6 Å². The molecule has 0 saturated carbocycles. The van der Waals surface area contributed by atoms with E-state index in [9.17, 15) is 0 Å². The molecule has 0 unspecified atom stereocenters. The van der Waals surface area contributed by atoms with Crippen LogP contribution in [-0.4, -0.2) is 23.6 Å². The van der Waals surface area contributed by atoms with Crippen LogP contribution in [0.25, 0.3) is 0 Å². The molecule has 0 aliphatic carbocycles. The van der Waals surface area contributed by atoms with E-state index in [1.165, 1.54) is 11.1 Å². The first-order valence-electron chi connectivity index (χ1n) is 7.57. The van der Waals surface area contributed by atoms with Gasteiger partial charge >= 0.3 is 0 Å². The number of rotatable bonds is 9. The zero-order valence-electron chi connectivity index (χ0n) is 12.7. The minimum Gasteiger partial charge on any atom is -0.327 e. The third-order valence-electron chi connectivity index (χ3n) is 3.33. The zero-order chi connectivity index (χ0) is 15.6. The number of hydrogen-bond acceptors (Lipinski definition) is 4. The molecule has 0 heterocycles. The molecule has 4 N–H and O–H groups in total. The molecule has 0 spiro atoms. The van der Waals surface area contributed by atoms with Crippen molar-refractivity contribution in [2.24, 2.45) is 11.5 Å². The van der Waals surface area contributed by atoms with Crippen molar-refractivity contribution in [1.29, 1.82) is 0 Å². The van der Waals surface area contributed by atoms with E-state index in [2.05, 4.69) is 48.5 Å². The van der Waals surface area contributed by atoms with Crippen molar-refractivity contribution >= 4 is 21.6 Å². The van der Waals surface area contributed by atoms with Gasteiger partial charge in [-0.05, 0) is 24.0 Å². The van der Waals surface area contributed by atoms with Crippen LogP contribution in [0.1, 0.15) is 11.1 Å². The fourth-order valence-corrected chi connectivity index (χ4v) is 4.63. The Morgan fingerprint density at radius 2 is 1.00 bits per heavy atom. The van der Waals surface area contributed by atoms with Crippen molar-refractivity contribution in [2.75, 3.05) is 11.5 Å². The predicted octanol–water partition coefficient (Wildman–Crippen LogP) is 3.51. The van der Waals surface area contributed by atoms with Crippen molar-refractivity contribution in [3.8, 4) is 0 Å². The van der Waals surface area contributed by atoms with Gasteiger partial charge in [0.05, 0.1) is 0 Å². The molecule has 2 nitrogen and oxygen atoms in total. The zero-order valence-corrected chi connectivity index (χ0v) is 14.4. The normalized spacial score (nSPS) is 13.7. The van der Waals surface area contributed by atoms with Gasteiger partial charge in [-0.25, -0.2) is 0 Å². The van der Waals surface area contributed by atoms with Gasteiger partial charge < -0.3 is 11.5 Å². The van der Waals surface area contributed by atoms with Gasteiger partial charge in [-0.1, -0.05) is 82.3 Å². The molecular formula is C18H24N2S2. The lowest BCUT2D eigenvalue weighted by atomic mass is 10.1. The molecule has 0 aliphatic heterocycles. The van der Waals surface area contributed by atoms with E-state index in [0.717, 1.165) is 24.3 Å². The smallest absolute Gasteiger partial charge is 0.0192 e. The minimum absolute atomic E-state index is 0.199. The summed E-state index contributed by atoms with van der Waals surface area (Å²) in [6, 6.07) is 21.2. The number of hydrogen-bond donors (Lipinski definition) is 2. The summed E-state index contributed by atoms with van der Waals surface area (Å²) in [5.74, 6) is 1.91. The van der Waals surface area contributed by atoms with Crippen molar-refractivity contribution in [1.82, 2.24) is 0 Å². The summed E-state index contributed by atoms with van der Waals surface area (Å²) < 4.78 is 0. The van der Waals surface area contributed by atoms with Crippen LogP contribution in [-0.2, 0) is 12.8 Å². The van der Waals surface area contributed by atoms with Crippen molar-refractivity contribution in [2.45, 2.75) is 24.9 Å². The molecule has 0 aromatic heterocycles. The molecule has 4 heteroatoms. The summed E-state index contributed by atoms with van der Waals surface area (Å²) in [7, 11) is 3.66. The van der Waals surface area contributed by atoms with Crippen LogP contribution in [0.4, 0.5) is 0 Å². The Kier molecular flexibility index (Phi) is 7.88. The number of nitrogens with two attached hydrogens (primary N) is 2. The van der Waals surface area contributed by atoms with E-state index >= 15 is 0 Å². The van der Waals surface area contributed by atoms with E-state index in [1.54, 1.807) is 0 Å². The van der Waals surface area contributed by atoms with Gasteiger partial charge in [-0.3, -0.25) is 0 Å². The Balaban J connectivity index is 1.58. The maximum Gasteiger partial charge on any atom is 0.0192 e. The van der Waals surface area contributed by atoms with Crippen molar-refractivity contribution < 1.29 is 0 Å². The van der Waals surface area contributed by atoms with Crippen LogP contribution in [0.2, 0.25) is 0 Å². The van der Waals surface area contributed by atoms with Crippen LogP contribution in [0.3, 0.4) is 0 Å². The second-order valence-electron chi connectivity index (χ2n) is 5.47. The van der Waals surface area contributed by atoms with Gasteiger partial charge in [0, 0.05) is 23.6 Å². The van der Waals surface area contributed by atoms with E-state index in [-0.39, 0.29) is 12.1 Å². The van der Waals surface area contributed by atoms with E-state index in [1.807, 2.05) is 33.7 Å². The highest BCUT2D eigenvalue weighted by Gasteiger charge is 2.07. The first-order valence-corrected chi connectivity index (χ1v) is 10.1. The van der Waals surface area contributed by atoms with Gasteiger partial charge in [0.25, 0.3) is 0 Å². The number of benzene rings is 2. The molecule has 0 amide bonds. The lowest BCUT2D eigenvalue weighted by Gasteiger charge is -2.13. The molecule has 0 aliphatic rings. The fraction of sp³-hybridized carbons (Fsp3) is 0.333.